The monoisotopic (exact) mass is 290 g/mol. The minimum atomic E-state index is -3.07. The molecule has 1 rings (SSSR count). The maximum absolute atomic E-state index is 13.0. The van der Waals surface area contributed by atoms with Crippen molar-refractivity contribution in [1.29, 1.82) is 0 Å². The number of hydrogen-bond acceptors (Lipinski definition) is 3. The van der Waals surface area contributed by atoms with Gasteiger partial charge in [-0.1, -0.05) is 46.5 Å². The molecule has 0 fully saturated rings. The standard InChI is InChI=1S/C13H27O3PSi/c1-8-15-17(14)12(18(5,6)7)9-11(4)13(16-17)10(2)3/h9-11,13H,8H2,1-7H3/t11?,13-,17?/m1/s1. The second-order valence-corrected chi connectivity index (χ2v) is 13.8. The van der Waals surface area contributed by atoms with Gasteiger partial charge < -0.3 is 9.05 Å². The smallest absolute Gasteiger partial charge is 0.306 e. The van der Waals surface area contributed by atoms with Crippen molar-refractivity contribution in [2.45, 2.75) is 53.4 Å². The van der Waals surface area contributed by atoms with Crippen molar-refractivity contribution in [2.75, 3.05) is 6.61 Å². The highest BCUT2D eigenvalue weighted by atomic mass is 31.2. The van der Waals surface area contributed by atoms with Crippen LogP contribution in [0.4, 0.5) is 0 Å². The van der Waals surface area contributed by atoms with Crippen LogP contribution in [-0.4, -0.2) is 20.8 Å². The minimum absolute atomic E-state index is 0.0116. The van der Waals surface area contributed by atoms with E-state index in [0.717, 1.165) is 4.94 Å². The fourth-order valence-corrected chi connectivity index (χ4v) is 8.64. The van der Waals surface area contributed by atoms with E-state index in [1.165, 1.54) is 0 Å². The first kappa shape index (κ1) is 16.2. The molecule has 0 radical (unpaired) electrons. The molecule has 0 bridgehead atoms. The van der Waals surface area contributed by atoms with Crippen LogP contribution in [0.3, 0.4) is 0 Å². The predicted molar refractivity (Wildman–Crippen MR) is 79.5 cm³/mol. The summed E-state index contributed by atoms with van der Waals surface area (Å²) in [6.07, 6.45) is 2.15. The molecule has 1 aliphatic heterocycles. The lowest BCUT2D eigenvalue weighted by Crippen LogP contribution is -2.35. The second kappa shape index (κ2) is 5.62. The Morgan fingerprint density at radius 2 is 2.00 bits per heavy atom. The van der Waals surface area contributed by atoms with Crippen LogP contribution in [-0.2, 0) is 13.6 Å². The molecule has 0 aromatic carbocycles. The quantitative estimate of drug-likeness (QED) is 0.557. The van der Waals surface area contributed by atoms with Crippen molar-refractivity contribution in [3.63, 3.8) is 0 Å². The molecule has 0 spiro atoms. The molecule has 1 aliphatic rings. The molecule has 0 N–H and O–H groups in total. The summed E-state index contributed by atoms with van der Waals surface area (Å²) in [6, 6.07) is 0. The molecule has 3 atom stereocenters. The van der Waals surface area contributed by atoms with Crippen LogP contribution in [0.25, 0.3) is 0 Å². The van der Waals surface area contributed by atoms with Gasteiger partial charge in [-0.05, 0) is 12.8 Å². The third kappa shape index (κ3) is 3.35. The Bertz CT molecular complexity index is 371. The molecule has 0 aliphatic carbocycles. The van der Waals surface area contributed by atoms with Crippen LogP contribution in [0.15, 0.2) is 11.0 Å². The number of hydrogen-bond donors (Lipinski definition) is 0. The van der Waals surface area contributed by atoms with Gasteiger partial charge in [-0.25, -0.2) is 0 Å². The predicted octanol–water partition coefficient (Wildman–Crippen LogP) is 4.67. The van der Waals surface area contributed by atoms with Crippen LogP contribution in [0.1, 0.15) is 27.7 Å². The number of rotatable bonds is 4. The van der Waals surface area contributed by atoms with E-state index in [-0.39, 0.29) is 6.10 Å². The second-order valence-electron chi connectivity index (χ2n) is 6.39. The summed E-state index contributed by atoms with van der Waals surface area (Å²) in [4.78, 5) is 0.959. The van der Waals surface area contributed by atoms with Crippen molar-refractivity contribution in [1.82, 2.24) is 0 Å². The molecule has 3 nitrogen and oxygen atoms in total. The molecule has 0 amide bonds. The van der Waals surface area contributed by atoms with Gasteiger partial charge in [0.2, 0.25) is 0 Å². The highest BCUT2D eigenvalue weighted by Gasteiger charge is 2.45. The van der Waals surface area contributed by atoms with Crippen molar-refractivity contribution in [2.24, 2.45) is 11.8 Å². The first-order chi connectivity index (χ1) is 8.12. The Labute approximate surface area is 112 Å². The van der Waals surface area contributed by atoms with Gasteiger partial charge in [0.15, 0.2) is 0 Å². The first-order valence-electron chi connectivity index (χ1n) is 6.77. The Hall–Kier alpha value is 0.107. The van der Waals surface area contributed by atoms with Crippen molar-refractivity contribution >= 4 is 15.7 Å². The van der Waals surface area contributed by atoms with E-state index in [2.05, 4.69) is 46.5 Å². The largest absolute Gasteiger partial charge is 0.353 e. The molecule has 0 aromatic rings. The summed E-state index contributed by atoms with van der Waals surface area (Å²) in [6.45, 7) is 15.2. The zero-order valence-electron chi connectivity index (χ0n) is 12.7. The Morgan fingerprint density at radius 1 is 1.44 bits per heavy atom. The zero-order chi connectivity index (χ0) is 14.1. The van der Waals surface area contributed by atoms with E-state index >= 15 is 0 Å². The third-order valence-electron chi connectivity index (χ3n) is 3.22. The lowest BCUT2D eigenvalue weighted by Gasteiger charge is -2.39. The minimum Gasteiger partial charge on any atom is -0.306 e. The average Bonchev–Trinajstić information content (AvgIpc) is 2.19. The molecular formula is C13H27O3PSi. The molecule has 1 heterocycles. The lowest BCUT2D eigenvalue weighted by atomic mass is 9.95. The van der Waals surface area contributed by atoms with Crippen LogP contribution < -0.4 is 0 Å². The summed E-state index contributed by atoms with van der Waals surface area (Å²) in [7, 11) is -4.76. The van der Waals surface area contributed by atoms with E-state index in [1.54, 1.807) is 0 Å². The van der Waals surface area contributed by atoms with Gasteiger partial charge in [-0.3, -0.25) is 4.57 Å². The van der Waals surface area contributed by atoms with Crippen LogP contribution in [0.5, 0.6) is 0 Å². The fraction of sp³-hybridized carbons (Fsp3) is 0.846. The van der Waals surface area contributed by atoms with E-state index in [0.29, 0.717) is 18.4 Å². The normalized spacial score (nSPS) is 33.7. The fourth-order valence-electron chi connectivity index (χ4n) is 2.41. The third-order valence-corrected chi connectivity index (χ3v) is 9.61. The molecule has 0 saturated heterocycles. The van der Waals surface area contributed by atoms with Crippen LogP contribution in [0.2, 0.25) is 19.6 Å². The molecule has 2 unspecified atom stereocenters. The van der Waals surface area contributed by atoms with Gasteiger partial charge in [0.25, 0.3) is 0 Å². The molecular weight excluding hydrogens is 263 g/mol. The Kier molecular flexibility index (Phi) is 5.04. The van der Waals surface area contributed by atoms with Crippen LogP contribution in [0, 0.1) is 11.8 Å². The van der Waals surface area contributed by atoms with Crippen molar-refractivity contribution in [3.05, 3.63) is 11.0 Å². The summed E-state index contributed by atoms with van der Waals surface area (Å²) in [5.74, 6) is 0.641. The summed E-state index contributed by atoms with van der Waals surface area (Å²) in [5, 5.41) is 0. The summed E-state index contributed by atoms with van der Waals surface area (Å²) < 4.78 is 24.5. The van der Waals surface area contributed by atoms with E-state index < -0.39 is 15.7 Å². The summed E-state index contributed by atoms with van der Waals surface area (Å²) in [5.41, 5.74) is 0. The molecule has 18 heavy (non-hydrogen) atoms. The van der Waals surface area contributed by atoms with Crippen molar-refractivity contribution in [3.8, 4) is 0 Å². The van der Waals surface area contributed by atoms with Gasteiger partial charge in [0.05, 0.1) is 20.8 Å². The topological polar surface area (TPSA) is 35.5 Å². The first-order valence-corrected chi connectivity index (χ1v) is 11.8. The molecule has 0 aromatic heterocycles. The zero-order valence-corrected chi connectivity index (χ0v) is 14.6. The lowest BCUT2D eigenvalue weighted by molar-refractivity contribution is 0.0857. The van der Waals surface area contributed by atoms with Gasteiger partial charge in [-0.15, -0.1) is 0 Å². The highest BCUT2D eigenvalue weighted by molar-refractivity contribution is 7.62. The SMILES string of the molecule is CCOP1(=O)O[C@H](C(C)C)C(C)C=C1[Si](C)(C)C. The Morgan fingerprint density at radius 3 is 2.39 bits per heavy atom. The maximum Gasteiger partial charge on any atom is 0.353 e. The highest BCUT2D eigenvalue weighted by Crippen LogP contribution is 2.63. The van der Waals surface area contributed by atoms with Gasteiger partial charge in [0, 0.05) is 10.9 Å². The van der Waals surface area contributed by atoms with Crippen molar-refractivity contribution < 1.29 is 13.6 Å². The van der Waals surface area contributed by atoms with Crippen LogP contribution >= 0.6 is 7.60 Å². The summed E-state index contributed by atoms with van der Waals surface area (Å²) >= 11 is 0. The molecule has 0 saturated carbocycles. The Balaban J connectivity index is 3.21. The van der Waals surface area contributed by atoms with E-state index in [1.807, 2.05) is 6.92 Å². The van der Waals surface area contributed by atoms with E-state index in [9.17, 15) is 4.57 Å². The van der Waals surface area contributed by atoms with Gasteiger partial charge >= 0.3 is 7.60 Å². The van der Waals surface area contributed by atoms with Gasteiger partial charge in [-0.2, -0.15) is 0 Å². The molecule has 5 heteroatoms. The molecule has 106 valence electrons. The maximum atomic E-state index is 13.0. The van der Waals surface area contributed by atoms with E-state index in [4.69, 9.17) is 9.05 Å². The average molecular weight is 290 g/mol. The van der Waals surface area contributed by atoms with Gasteiger partial charge in [0.1, 0.15) is 0 Å².